The van der Waals surface area contributed by atoms with E-state index < -0.39 is 11.9 Å². The van der Waals surface area contributed by atoms with E-state index in [1.54, 1.807) is 41.0 Å². The van der Waals surface area contributed by atoms with Gasteiger partial charge in [-0.1, -0.05) is 12.1 Å². The Labute approximate surface area is 175 Å². The zero-order valence-corrected chi connectivity index (χ0v) is 17.2. The van der Waals surface area contributed by atoms with E-state index >= 15 is 0 Å². The lowest BCUT2D eigenvalue weighted by Gasteiger charge is -2.28. The number of carbonyl (C=O) groups is 2. The van der Waals surface area contributed by atoms with Gasteiger partial charge in [0.15, 0.2) is 0 Å². The number of hydrogen-bond acceptors (Lipinski definition) is 4. The SMILES string of the molecule is CN(C(=O)[C@H]1CNC[C@@H]1c1cnn(C)c1)C1CCN(c2ccccc2F)C1=O.Cl. The maximum Gasteiger partial charge on any atom is 0.249 e. The smallest absolute Gasteiger partial charge is 0.249 e. The van der Waals surface area contributed by atoms with Crippen LogP contribution in [0.25, 0.3) is 0 Å². The van der Waals surface area contributed by atoms with Crippen molar-refractivity contribution < 1.29 is 14.0 Å². The predicted molar refractivity (Wildman–Crippen MR) is 109 cm³/mol. The van der Waals surface area contributed by atoms with Crippen molar-refractivity contribution in [3.8, 4) is 0 Å². The molecule has 9 heteroatoms. The van der Waals surface area contributed by atoms with Gasteiger partial charge in [0.2, 0.25) is 11.8 Å². The standard InChI is InChI=1S/C20H24FN5O2.ClH/c1-24-12-13(9-23-24)14-10-22-11-15(14)19(27)25(2)18-7-8-26(20(18)28)17-6-4-3-5-16(17)21;/h3-6,9,12,14-15,18,22H,7-8,10-11H2,1-2H3;1H/t14-,15+,18?;/m1./s1. The molecule has 1 unspecified atom stereocenters. The fourth-order valence-electron chi connectivity index (χ4n) is 4.27. The second-order valence-corrected chi connectivity index (χ2v) is 7.51. The summed E-state index contributed by atoms with van der Waals surface area (Å²) >= 11 is 0. The van der Waals surface area contributed by atoms with Gasteiger partial charge in [-0.3, -0.25) is 14.3 Å². The minimum Gasteiger partial charge on any atom is -0.333 e. The second kappa shape index (κ2) is 8.51. The summed E-state index contributed by atoms with van der Waals surface area (Å²) in [7, 11) is 3.53. The van der Waals surface area contributed by atoms with Gasteiger partial charge in [0, 0.05) is 45.8 Å². The highest BCUT2D eigenvalue weighted by Gasteiger charge is 2.42. The van der Waals surface area contributed by atoms with Gasteiger partial charge in [-0.05, 0) is 24.1 Å². The predicted octanol–water partition coefficient (Wildman–Crippen LogP) is 1.55. The first-order valence-corrected chi connectivity index (χ1v) is 9.49. The van der Waals surface area contributed by atoms with Crippen LogP contribution in [-0.2, 0) is 16.6 Å². The van der Waals surface area contributed by atoms with Gasteiger partial charge in [-0.2, -0.15) is 5.10 Å². The Balaban J connectivity index is 0.00000240. The lowest BCUT2D eigenvalue weighted by atomic mass is 9.89. The topological polar surface area (TPSA) is 70.5 Å². The van der Waals surface area contributed by atoms with Gasteiger partial charge in [0.1, 0.15) is 11.9 Å². The third-order valence-corrected chi connectivity index (χ3v) is 5.82. The number of aromatic nitrogens is 2. The van der Waals surface area contributed by atoms with E-state index in [2.05, 4.69) is 10.4 Å². The molecule has 0 saturated carbocycles. The van der Waals surface area contributed by atoms with Crippen molar-refractivity contribution in [1.82, 2.24) is 20.0 Å². The summed E-state index contributed by atoms with van der Waals surface area (Å²) in [5.74, 6) is -0.938. The van der Waals surface area contributed by atoms with Crippen molar-refractivity contribution in [2.45, 2.75) is 18.4 Å². The van der Waals surface area contributed by atoms with Crippen molar-refractivity contribution in [3.63, 3.8) is 0 Å². The maximum absolute atomic E-state index is 14.1. The molecule has 3 atom stereocenters. The zero-order chi connectivity index (χ0) is 19.8. The Kier molecular flexibility index (Phi) is 6.24. The Bertz CT molecular complexity index is 905. The highest BCUT2D eigenvalue weighted by molar-refractivity contribution is 6.01. The molecule has 156 valence electrons. The van der Waals surface area contributed by atoms with Crippen LogP contribution in [0.15, 0.2) is 36.7 Å². The average Bonchev–Trinajstić information content (AvgIpc) is 3.41. The number of halogens is 2. The quantitative estimate of drug-likeness (QED) is 0.813. The van der Waals surface area contributed by atoms with Crippen LogP contribution in [0.2, 0.25) is 0 Å². The van der Waals surface area contributed by atoms with E-state index in [-0.39, 0.29) is 41.7 Å². The van der Waals surface area contributed by atoms with Crippen LogP contribution in [0.4, 0.5) is 10.1 Å². The van der Waals surface area contributed by atoms with Crippen LogP contribution in [0.1, 0.15) is 17.9 Å². The van der Waals surface area contributed by atoms with Gasteiger partial charge < -0.3 is 15.1 Å². The van der Waals surface area contributed by atoms with E-state index in [0.717, 1.165) is 5.56 Å². The number of carbonyl (C=O) groups excluding carboxylic acids is 2. The molecule has 0 aliphatic carbocycles. The first-order chi connectivity index (χ1) is 13.5. The number of anilines is 1. The minimum atomic E-state index is -0.567. The normalized spacial score (nSPS) is 23.9. The summed E-state index contributed by atoms with van der Waals surface area (Å²) in [4.78, 5) is 29.1. The van der Waals surface area contributed by atoms with Crippen LogP contribution < -0.4 is 10.2 Å². The number of amides is 2. The fourth-order valence-corrected chi connectivity index (χ4v) is 4.27. The van der Waals surface area contributed by atoms with Crippen molar-refractivity contribution in [2.75, 3.05) is 31.6 Å². The van der Waals surface area contributed by atoms with Crippen molar-refractivity contribution in [1.29, 1.82) is 0 Å². The molecule has 29 heavy (non-hydrogen) atoms. The molecule has 1 N–H and O–H groups in total. The number of nitrogens with zero attached hydrogens (tertiary/aromatic N) is 4. The molecule has 3 heterocycles. The van der Waals surface area contributed by atoms with E-state index in [1.807, 2.05) is 13.2 Å². The molecule has 0 bridgehead atoms. The Morgan fingerprint density at radius 2 is 2.07 bits per heavy atom. The largest absolute Gasteiger partial charge is 0.333 e. The number of benzene rings is 1. The summed E-state index contributed by atoms with van der Waals surface area (Å²) < 4.78 is 15.8. The summed E-state index contributed by atoms with van der Waals surface area (Å²) in [5.41, 5.74) is 1.29. The van der Waals surface area contributed by atoms with Crippen molar-refractivity contribution in [2.24, 2.45) is 13.0 Å². The molecule has 0 radical (unpaired) electrons. The number of hydrogen-bond donors (Lipinski definition) is 1. The number of likely N-dealkylation sites (N-methyl/N-ethyl adjacent to an activating group) is 1. The second-order valence-electron chi connectivity index (χ2n) is 7.51. The number of rotatable bonds is 4. The molecule has 2 aliphatic rings. The van der Waals surface area contributed by atoms with Gasteiger partial charge in [-0.25, -0.2) is 4.39 Å². The molecular formula is C20H25ClFN5O2. The number of nitrogens with one attached hydrogen (secondary N) is 1. The van der Waals surface area contributed by atoms with Crippen LogP contribution in [0, 0.1) is 11.7 Å². The summed E-state index contributed by atoms with van der Waals surface area (Å²) in [6.45, 7) is 1.67. The molecule has 2 saturated heterocycles. The van der Waals surface area contributed by atoms with Crippen LogP contribution in [-0.4, -0.2) is 59.2 Å². The van der Waals surface area contributed by atoms with Crippen molar-refractivity contribution in [3.05, 3.63) is 48.0 Å². The molecule has 2 aromatic rings. The Morgan fingerprint density at radius 3 is 2.76 bits per heavy atom. The van der Waals surface area contributed by atoms with Crippen LogP contribution >= 0.6 is 12.4 Å². The van der Waals surface area contributed by atoms with Crippen LogP contribution in [0.5, 0.6) is 0 Å². The highest BCUT2D eigenvalue weighted by atomic mass is 35.5. The molecule has 7 nitrogen and oxygen atoms in total. The van der Waals surface area contributed by atoms with E-state index in [0.29, 0.717) is 26.1 Å². The summed E-state index contributed by atoms with van der Waals surface area (Å²) in [5, 5.41) is 7.49. The molecule has 1 aromatic carbocycles. The number of aryl methyl sites for hydroxylation is 1. The summed E-state index contributed by atoms with van der Waals surface area (Å²) in [6, 6.07) is 5.67. The zero-order valence-electron chi connectivity index (χ0n) is 16.4. The maximum atomic E-state index is 14.1. The molecule has 2 aliphatic heterocycles. The highest BCUT2D eigenvalue weighted by Crippen LogP contribution is 2.31. The number of para-hydroxylation sites is 1. The first kappa shape index (κ1) is 21.3. The van der Waals surface area contributed by atoms with Gasteiger partial charge in [0.05, 0.1) is 17.8 Å². The molecule has 0 spiro atoms. The lowest BCUT2D eigenvalue weighted by Crippen LogP contribution is -2.46. The third-order valence-electron chi connectivity index (χ3n) is 5.82. The van der Waals surface area contributed by atoms with E-state index in [1.165, 1.54) is 11.0 Å². The van der Waals surface area contributed by atoms with Gasteiger partial charge in [-0.15, -0.1) is 12.4 Å². The molecule has 2 fully saturated rings. The summed E-state index contributed by atoms with van der Waals surface area (Å²) in [6.07, 6.45) is 4.21. The van der Waals surface area contributed by atoms with Gasteiger partial charge >= 0.3 is 0 Å². The van der Waals surface area contributed by atoms with Crippen LogP contribution in [0.3, 0.4) is 0 Å². The minimum absolute atomic E-state index is 0. The first-order valence-electron chi connectivity index (χ1n) is 9.49. The lowest BCUT2D eigenvalue weighted by molar-refractivity contribution is -0.140. The molecule has 2 amide bonds. The van der Waals surface area contributed by atoms with E-state index in [9.17, 15) is 14.0 Å². The monoisotopic (exact) mass is 421 g/mol. The Morgan fingerprint density at radius 1 is 1.31 bits per heavy atom. The molecule has 4 rings (SSSR count). The third kappa shape index (κ3) is 3.86. The Hall–Kier alpha value is -2.45. The van der Waals surface area contributed by atoms with Gasteiger partial charge in [0.25, 0.3) is 0 Å². The van der Waals surface area contributed by atoms with Crippen molar-refractivity contribution >= 4 is 29.9 Å². The fraction of sp³-hybridized carbons (Fsp3) is 0.450. The molecular weight excluding hydrogens is 397 g/mol. The average molecular weight is 422 g/mol. The van der Waals surface area contributed by atoms with E-state index in [4.69, 9.17) is 0 Å². The molecule has 1 aromatic heterocycles.